The van der Waals surface area contributed by atoms with Gasteiger partial charge in [-0.05, 0) is 67.6 Å². The lowest BCUT2D eigenvalue weighted by Crippen LogP contribution is -2.29. The predicted molar refractivity (Wildman–Crippen MR) is 124 cm³/mol. The van der Waals surface area contributed by atoms with Crippen molar-refractivity contribution >= 4 is 34.3 Å². The zero-order chi connectivity index (χ0) is 22.7. The molecule has 7 heteroatoms. The first-order valence-electron chi connectivity index (χ1n) is 10.1. The molecule has 1 heterocycles. The highest BCUT2D eigenvalue weighted by atomic mass is 35.5. The first-order valence-corrected chi connectivity index (χ1v) is 10.5. The number of hydrogen-bond acceptors (Lipinski definition) is 4. The van der Waals surface area contributed by atoms with Crippen LogP contribution in [-0.4, -0.2) is 28.4 Å². The van der Waals surface area contributed by atoms with Crippen LogP contribution in [0.1, 0.15) is 39.5 Å². The van der Waals surface area contributed by atoms with Crippen LogP contribution in [0.5, 0.6) is 5.75 Å². The fourth-order valence-electron chi connectivity index (χ4n) is 3.55. The highest BCUT2D eigenvalue weighted by molar-refractivity contribution is 6.30. The monoisotopic (exact) mass is 447 g/mol. The number of ether oxygens (including phenoxy) is 1. The SMILES string of the molecule is COc1ccc(C(=O)NC(C)c2nc3ccccc3n2CC(=O)c2ccc(Cl)cc2)cc1. The number of aromatic nitrogens is 2. The fraction of sp³-hybridized carbons (Fsp3) is 0.160. The molecule has 4 rings (SSSR count). The van der Waals surface area contributed by atoms with Crippen LogP contribution in [0, 0.1) is 0 Å². The molecule has 0 fully saturated rings. The van der Waals surface area contributed by atoms with Gasteiger partial charge in [-0.15, -0.1) is 0 Å². The maximum absolute atomic E-state index is 13.0. The van der Waals surface area contributed by atoms with E-state index in [4.69, 9.17) is 21.3 Å². The average molecular weight is 448 g/mol. The highest BCUT2D eigenvalue weighted by Gasteiger charge is 2.21. The van der Waals surface area contributed by atoms with Gasteiger partial charge in [-0.3, -0.25) is 9.59 Å². The van der Waals surface area contributed by atoms with Crippen molar-refractivity contribution < 1.29 is 14.3 Å². The molecule has 1 amide bonds. The number of para-hydroxylation sites is 2. The van der Waals surface area contributed by atoms with Crippen LogP contribution >= 0.6 is 11.6 Å². The minimum Gasteiger partial charge on any atom is -0.497 e. The Morgan fingerprint density at radius 1 is 1.00 bits per heavy atom. The zero-order valence-electron chi connectivity index (χ0n) is 17.7. The van der Waals surface area contributed by atoms with Crippen molar-refractivity contribution in [3.63, 3.8) is 0 Å². The molecule has 0 aliphatic carbocycles. The van der Waals surface area contributed by atoms with Gasteiger partial charge in [0.15, 0.2) is 5.78 Å². The molecule has 3 aromatic carbocycles. The first kappa shape index (κ1) is 21.6. The Bertz CT molecular complexity index is 1260. The summed E-state index contributed by atoms with van der Waals surface area (Å²) < 4.78 is 7.00. The van der Waals surface area contributed by atoms with E-state index in [2.05, 4.69) is 5.32 Å². The van der Waals surface area contributed by atoms with Gasteiger partial charge in [-0.1, -0.05) is 23.7 Å². The van der Waals surface area contributed by atoms with Crippen LogP contribution in [0.2, 0.25) is 5.02 Å². The maximum Gasteiger partial charge on any atom is 0.251 e. The number of Topliss-reactive ketones (excluding diaryl/α,β-unsaturated/α-hetero) is 1. The molecular weight excluding hydrogens is 426 g/mol. The van der Waals surface area contributed by atoms with Crippen molar-refractivity contribution in [2.75, 3.05) is 7.11 Å². The second kappa shape index (κ2) is 9.24. The van der Waals surface area contributed by atoms with Crippen LogP contribution < -0.4 is 10.1 Å². The molecule has 162 valence electrons. The number of nitrogens with zero attached hydrogens (tertiary/aromatic N) is 2. The molecule has 0 saturated heterocycles. The molecule has 0 aliphatic rings. The smallest absolute Gasteiger partial charge is 0.251 e. The van der Waals surface area contributed by atoms with Crippen LogP contribution in [0.15, 0.2) is 72.8 Å². The van der Waals surface area contributed by atoms with Gasteiger partial charge >= 0.3 is 0 Å². The zero-order valence-corrected chi connectivity index (χ0v) is 18.5. The molecular formula is C25H22ClN3O3. The van der Waals surface area contributed by atoms with Crippen LogP contribution in [0.25, 0.3) is 11.0 Å². The second-order valence-corrected chi connectivity index (χ2v) is 7.84. The summed E-state index contributed by atoms with van der Waals surface area (Å²) in [5.74, 6) is 0.981. The van der Waals surface area contributed by atoms with E-state index >= 15 is 0 Å². The van der Waals surface area contributed by atoms with E-state index in [1.807, 2.05) is 35.8 Å². The Hall–Kier alpha value is -3.64. The average Bonchev–Trinajstić information content (AvgIpc) is 3.18. The number of benzene rings is 3. The molecule has 32 heavy (non-hydrogen) atoms. The third-order valence-electron chi connectivity index (χ3n) is 5.24. The van der Waals surface area contributed by atoms with E-state index in [1.54, 1.807) is 55.6 Å². The molecule has 1 aromatic heterocycles. The fourth-order valence-corrected chi connectivity index (χ4v) is 3.67. The van der Waals surface area contributed by atoms with Crippen molar-refractivity contribution in [2.24, 2.45) is 0 Å². The summed E-state index contributed by atoms with van der Waals surface area (Å²) in [4.78, 5) is 30.4. The van der Waals surface area contributed by atoms with Crippen molar-refractivity contribution in [3.8, 4) is 5.75 Å². The molecule has 1 N–H and O–H groups in total. The minimum atomic E-state index is -0.421. The molecule has 1 atom stereocenters. The van der Waals surface area contributed by atoms with Gasteiger partial charge in [0.1, 0.15) is 11.6 Å². The number of amides is 1. The van der Waals surface area contributed by atoms with Gasteiger partial charge in [0, 0.05) is 16.1 Å². The molecule has 0 radical (unpaired) electrons. The Morgan fingerprint density at radius 2 is 1.66 bits per heavy atom. The third-order valence-corrected chi connectivity index (χ3v) is 5.49. The number of carbonyl (C=O) groups is 2. The highest BCUT2D eigenvalue weighted by Crippen LogP contribution is 2.22. The number of ketones is 1. The number of imidazole rings is 1. The molecule has 0 bridgehead atoms. The quantitative estimate of drug-likeness (QED) is 0.401. The van der Waals surface area contributed by atoms with Crippen molar-refractivity contribution in [1.82, 2.24) is 14.9 Å². The summed E-state index contributed by atoms with van der Waals surface area (Å²) in [5, 5.41) is 3.55. The van der Waals surface area contributed by atoms with E-state index in [0.29, 0.717) is 27.7 Å². The number of nitrogens with one attached hydrogen (secondary N) is 1. The topological polar surface area (TPSA) is 73.2 Å². The standard InChI is InChI=1S/C25H22ClN3O3/c1-16(27-25(31)18-9-13-20(32-2)14-10-18)24-28-21-5-3-4-6-22(21)29(24)15-23(30)17-7-11-19(26)12-8-17/h3-14,16H,15H2,1-2H3,(H,27,31). The number of hydrogen-bond donors (Lipinski definition) is 1. The van der Waals surface area contributed by atoms with E-state index in [1.165, 1.54) is 0 Å². The van der Waals surface area contributed by atoms with Crippen molar-refractivity contribution in [2.45, 2.75) is 19.5 Å². The molecule has 1 unspecified atom stereocenters. The first-order chi connectivity index (χ1) is 15.5. The van der Waals surface area contributed by atoms with Gasteiger partial charge in [-0.25, -0.2) is 4.98 Å². The van der Waals surface area contributed by atoms with Gasteiger partial charge in [0.05, 0.1) is 30.7 Å². The van der Waals surface area contributed by atoms with E-state index < -0.39 is 6.04 Å². The number of methoxy groups -OCH3 is 1. The van der Waals surface area contributed by atoms with Gasteiger partial charge in [0.25, 0.3) is 5.91 Å². The van der Waals surface area contributed by atoms with Crippen LogP contribution in [0.3, 0.4) is 0 Å². The Morgan fingerprint density at radius 3 is 2.34 bits per heavy atom. The van der Waals surface area contributed by atoms with Crippen LogP contribution in [-0.2, 0) is 6.54 Å². The predicted octanol–water partition coefficient (Wildman–Crippen LogP) is 5.07. The number of carbonyl (C=O) groups excluding carboxylic acids is 2. The lowest BCUT2D eigenvalue weighted by Gasteiger charge is -2.16. The summed E-state index contributed by atoms with van der Waals surface area (Å²) >= 11 is 5.95. The Kier molecular flexibility index (Phi) is 6.23. The molecule has 6 nitrogen and oxygen atoms in total. The minimum absolute atomic E-state index is 0.0697. The summed E-state index contributed by atoms with van der Waals surface area (Å²) in [6, 6.07) is 20.9. The Labute approximate surface area is 190 Å². The third kappa shape index (κ3) is 4.50. The lowest BCUT2D eigenvalue weighted by atomic mass is 10.1. The lowest BCUT2D eigenvalue weighted by molar-refractivity contribution is 0.0937. The number of fused-ring (bicyclic) bond motifs is 1. The summed E-state index contributed by atoms with van der Waals surface area (Å²) in [6.07, 6.45) is 0. The summed E-state index contributed by atoms with van der Waals surface area (Å²) in [6.45, 7) is 1.95. The van der Waals surface area contributed by atoms with E-state index in [-0.39, 0.29) is 18.2 Å². The van der Waals surface area contributed by atoms with Gasteiger partial charge in [0.2, 0.25) is 0 Å². The summed E-state index contributed by atoms with van der Waals surface area (Å²) in [7, 11) is 1.58. The molecule has 0 aliphatic heterocycles. The van der Waals surface area contributed by atoms with Crippen molar-refractivity contribution in [3.05, 3.63) is 94.8 Å². The number of halogens is 1. The second-order valence-electron chi connectivity index (χ2n) is 7.40. The van der Waals surface area contributed by atoms with Gasteiger partial charge in [-0.2, -0.15) is 0 Å². The molecule has 0 saturated carbocycles. The molecule has 4 aromatic rings. The maximum atomic E-state index is 13.0. The van der Waals surface area contributed by atoms with Crippen LogP contribution in [0.4, 0.5) is 0 Å². The largest absolute Gasteiger partial charge is 0.497 e. The Balaban J connectivity index is 1.62. The van der Waals surface area contributed by atoms with Gasteiger partial charge < -0.3 is 14.6 Å². The normalized spacial score (nSPS) is 11.8. The van der Waals surface area contributed by atoms with E-state index in [9.17, 15) is 9.59 Å². The van der Waals surface area contributed by atoms with E-state index in [0.717, 1.165) is 11.0 Å². The summed E-state index contributed by atoms with van der Waals surface area (Å²) in [5.41, 5.74) is 2.66. The molecule has 0 spiro atoms. The number of rotatable bonds is 7. The van der Waals surface area contributed by atoms with Crippen molar-refractivity contribution in [1.29, 1.82) is 0 Å².